The van der Waals surface area contributed by atoms with Crippen molar-refractivity contribution in [1.29, 1.82) is 0 Å². The molecule has 1 aliphatic rings. The number of hydrogen-bond acceptors (Lipinski definition) is 2. The van der Waals surface area contributed by atoms with Crippen molar-refractivity contribution in [3.8, 4) is 0 Å². The van der Waals surface area contributed by atoms with Crippen LogP contribution in [0.2, 0.25) is 0 Å². The predicted octanol–water partition coefficient (Wildman–Crippen LogP) is 4.14. The Balaban J connectivity index is 2.21. The molecule has 1 atom stereocenters. The maximum Gasteiger partial charge on any atom is 0.0698 e. The van der Waals surface area contributed by atoms with E-state index in [0.29, 0.717) is 6.04 Å². The molecule has 108 valence electrons. The van der Waals surface area contributed by atoms with Crippen LogP contribution in [0.15, 0.2) is 10.7 Å². The van der Waals surface area contributed by atoms with Crippen molar-refractivity contribution in [2.75, 3.05) is 6.54 Å². The van der Waals surface area contributed by atoms with Gasteiger partial charge in [0.05, 0.1) is 22.4 Å². The molecule has 0 radical (unpaired) electrons. The lowest BCUT2D eigenvalue weighted by Gasteiger charge is -2.33. The van der Waals surface area contributed by atoms with E-state index in [0.717, 1.165) is 29.4 Å². The van der Waals surface area contributed by atoms with Crippen molar-refractivity contribution in [3.05, 3.63) is 16.4 Å². The zero-order valence-corrected chi connectivity index (χ0v) is 13.9. The molecule has 4 heteroatoms. The molecule has 1 saturated carbocycles. The Bertz CT molecular complexity index is 394. The Morgan fingerprint density at radius 3 is 2.63 bits per heavy atom. The highest BCUT2D eigenvalue weighted by Gasteiger charge is 2.30. The van der Waals surface area contributed by atoms with Gasteiger partial charge in [0, 0.05) is 6.54 Å². The first-order valence-electron chi connectivity index (χ1n) is 7.61. The third-order valence-corrected chi connectivity index (χ3v) is 4.99. The summed E-state index contributed by atoms with van der Waals surface area (Å²) in [5, 5.41) is 8.17. The maximum atomic E-state index is 4.48. The first-order valence-corrected chi connectivity index (χ1v) is 8.41. The molecule has 0 saturated heterocycles. The van der Waals surface area contributed by atoms with Gasteiger partial charge in [-0.25, -0.2) is 0 Å². The lowest BCUT2D eigenvalue weighted by molar-refractivity contribution is 0.225. The lowest BCUT2D eigenvalue weighted by atomic mass is 9.78. The van der Waals surface area contributed by atoms with Crippen molar-refractivity contribution < 1.29 is 0 Å². The highest BCUT2D eigenvalue weighted by molar-refractivity contribution is 9.10. The number of rotatable bonds is 5. The normalized spacial score (nSPS) is 25.5. The molecule has 19 heavy (non-hydrogen) atoms. The average molecular weight is 328 g/mol. The first kappa shape index (κ1) is 15.0. The number of aryl methyl sites for hydroxylation is 1. The fourth-order valence-corrected chi connectivity index (χ4v) is 3.80. The number of halogens is 1. The average Bonchev–Trinajstić information content (AvgIpc) is 2.78. The quantitative estimate of drug-likeness (QED) is 0.880. The zero-order valence-electron chi connectivity index (χ0n) is 12.3. The standard InChI is InChI=1S/C15H26BrN3/c1-4-17-14(12-8-6-11(3)7-9-12)15-13(16)10-18-19(15)5-2/h10-12,14,17H,4-9H2,1-3H3. The zero-order chi connectivity index (χ0) is 13.8. The SMILES string of the molecule is CCNC(c1c(Br)cnn1CC)C1CCC(C)CC1. The molecule has 1 N–H and O–H groups in total. The molecule has 0 spiro atoms. The van der Waals surface area contributed by atoms with Gasteiger partial charge in [0.1, 0.15) is 0 Å². The molecule has 0 aromatic carbocycles. The van der Waals surface area contributed by atoms with Gasteiger partial charge in [0.25, 0.3) is 0 Å². The summed E-state index contributed by atoms with van der Waals surface area (Å²) in [6.07, 6.45) is 7.34. The van der Waals surface area contributed by atoms with Crippen LogP contribution >= 0.6 is 15.9 Å². The Morgan fingerprint density at radius 1 is 1.37 bits per heavy atom. The van der Waals surface area contributed by atoms with Crippen LogP contribution in [0.3, 0.4) is 0 Å². The molecular formula is C15H26BrN3. The minimum atomic E-state index is 0.439. The molecule has 1 aliphatic carbocycles. The molecule has 1 heterocycles. The van der Waals surface area contributed by atoms with Gasteiger partial charge in [-0.05, 0) is 54.1 Å². The fraction of sp³-hybridized carbons (Fsp3) is 0.800. The molecule has 1 aromatic rings. The molecule has 3 nitrogen and oxygen atoms in total. The summed E-state index contributed by atoms with van der Waals surface area (Å²) >= 11 is 3.68. The van der Waals surface area contributed by atoms with E-state index in [1.54, 1.807) is 0 Å². The van der Waals surface area contributed by atoms with Crippen LogP contribution in [0, 0.1) is 11.8 Å². The van der Waals surface area contributed by atoms with Gasteiger partial charge in [-0.1, -0.05) is 26.7 Å². The number of nitrogens with zero attached hydrogens (tertiary/aromatic N) is 2. The molecule has 1 aromatic heterocycles. The Kier molecular flexibility index (Phi) is 5.46. The largest absolute Gasteiger partial charge is 0.309 e. The van der Waals surface area contributed by atoms with Gasteiger partial charge < -0.3 is 5.32 Å². The van der Waals surface area contributed by atoms with E-state index in [4.69, 9.17) is 0 Å². The maximum absolute atomic E-state index is 4.48. The van der Waals surface area contributed by atoms with Crippen LogP contribution in [-0.2, 0) is 6.54 Å². The molecule has 0 aliphatic heterocycles. The summed E-state index contributed by atoms with van der Waals surface area (Å²) in [7, 11) is 0. The first-order chi connectivity index (χ1) is 9.17. The summed E-state index contributed by atoms with van der Waals surface area (Å²) < 4.78 is 3.29. The monoisotopic (exact) mass is 327 g/mol. The number of nitrogens with one attached hydrogen (secondary N) is 1. The lowest BCUT2D eigenvalue weighted by Crippen LogP contribution is -2.32. The van der Waals surface area contributed by atoms with Crippen LogP contribution in [-0.4, -0.2) is 16.3 Å². The molecule has 0 amide bonds. The highest BCUT2D eigenvalue weighted by Crippen LogP contribution is 2.38. The van der Waals surface area contributed by atoms with Gasteiger partial charge in [0.15, 0.2) is 0 Å². The smallest absolute Gasteiger partial charge is 0.0698 e. The van der Waals surface area contributed by atoms with Gasteiger partial charge >= 0.3 is 0 Å². The second-order valence-corrected chi connectivity index (χ2v) is 6.60. The van der Waals surface area contributed by atoms with Crippen molar-refractivity contribution >= 4 is 15.9 Å². The van der Waals surface area contributed by atoms with E-state index < -0.39 is 0 Å². The van der Waals surface area contributed by atoms with Crippen molar-refractivity contribution in [2.24, 2.45) is 11.8 Å². The van der Waals surface area contributed by atoms with Crippen molar-refractivity contribution in [3.63, 3.8) is 0 Å². The summed E-state index contributed by atoms with van der Waals surface area (Å²) in [6.45, 7) is 8.68. The van der Waals surface area contributed by atoms with Crippen LogP contribution in [0.1, 0.15) is 58.2 Å². The summed E-state index contributed by atoms with van der Waals surface area (Å²) in [5.74, 6) is 1.65. The van der Waals surface area contributed by atoms with Gasteiger partial charge in [0.2, 0.25) is 0 Å². The topological polar surface area (TPSA) is 29.9 Å². The van der Waals surface area contributed by atoms with E-state index in [-0.39, 0.29) is 0 Å². The molecular weight excluding hydrogens is 302 g/mol. The van der Waals surface area contributed by atoms with E-state index in [2.05, 4.69) is 51.8 Å². The Morgan fingerprint density at radius 2 is 2.05 bits per heavy atom. The van der Waals surface area contributed by atoms with Gasteiger partial charge in [-0.2, -0.15) is 5.10 Å². The minimum Gasteiger partial charge on any atom is -0.309 e. The fourth-order valence-electron chi connectivity index (χ4n) is 3.26. The van der Waals surface area contributed by atoms with Gasteiger partial charge in [-0.15, -0.1) is 0 Å². The molecule has 2 rings (SSSR count). The van der Waals surface area contributed by atoms with Crippen molar-refractivity contribution in [1.82, 2.24) is 15.1 Å². The van der Waals surface area contributed by atoms with Crippen LogP contribution in [0.4, 0.5) is 0 Å². The van der Waals surface area contributed by atoms with E-state index >= 15 is 0 Å². The predicted molar refractivity (Wildman–Crippen MR) is 83.1 cm³/mol. The van der Waals surface area contributed by atoms with Gasteiger partial charge in [-0.3, -0.25) is 4.68 Å². The van der Waals surface area contributed by atoms with Crippen molar-refractivity contribution in [2.45, 2.75) is 59.0 Å². The summed E-state index contributed by atoms with van der Waals surface area (Å²) in [5.41, 5.74) is 1.34. The number of aromatic nitrogens is 2. The second-order valence-electron chi connectivity index (χ2n) is 5.75. The van der Waals surface area contributed by atoms with E-state index in [1.807, 2.05) is 6.20 Å². The Labute approximate surface area is 125 Å². The Hall–Kier alpha value is -0.350. The second kappa shape index (κ2) is 6.89. The number of hydrogen-bond donors (Lipinski definition) is 1. The summed E-state index contributed by atoms with van der Waals surface area (Å²) in [6, 6.07) is 0.439. The summed E-state index contributed by atoms with van der Waals surface area (Å²) in [4.78, 5) is 0. The minimum absolute atomic E-state index is 0.439. The van der Waals surface area contributed by atoms with Crippen LogP contribution in [0.5, 0.6) is 0 Å². The molecule has 1 unspecified atom stereocenters. The van der Waals surface area contributed by atoms with E-state index in [9.17, 15) is 0 Å². The molecule has 0 bridgehead atoms. The third kappa shape index (κ3) is 3.40. The van der Waals surface area contributed by atoms with E-state index in [1.165, 1.54) is 31.4 Å². The molecule has 1 fully saturated rings. The third-order valence-electron chi connectivity index (χ3n) is 4.38. The van der Waals surface area contributed by atoms with Crippen LogP contribution in [0.25, 0.3) is 0 Å². The van der Waals surface area contributed by atoms with Crippen LogP contribution < -0.4 is 5.32 Å². The highest BCUT2D eigenvalue weighted by atomic mass is 79.9.